The lowest BCUT2D eigenvalue weighted by molar-refractivity contribution is -0.0150. The molecular weight excluding hydrogens is 366 g/mol. The molecule has 5 nitrogen and oxygen atoms in total. The SMILES string of the molecule is O=C(c1cccc(-c2cc3ccccc3oc2=O)c1)N1[C@@H]2CCC[C@H]1CC(O)C2. The smallest absolute Gasteiger partial charge is 0.344 e. The van der Waals surface area contributed by atoms with Crippen molar-refractivity contribution in [2.24, 2.45) is 0 Å². The first-order chi connectivity index (χ1) is 14.1. The molecule has 2 saturated heterocycles. The van der Waals surface area contributed by atoms with Crippen molar-refractivity contribution in [3.05, 3.63) is 70.6 Å². The van der Waals surface area contributed by atoms with Gasteiger partial charge in [-0.3, -0.25) is 4.79 Å². The molecule has 1 N–H and O–H groups in total. The van der Waals surface area contributed by atoms with Crippen molar-refractivity contribution >= 4 is 16.9 Å². The Hall–Kier alpha value is -2.92. The molecule has 148 valence electrons. The van der Waals surface area contributed by atoms with Gasteiger partial charge in [0.15, 0.2) is 0 Å². The van der Waals surface area contributed by atoms with Gasteiger partial charge in [-0.25, -0.2) is 4.79 Å². The zero-order chi connectivity index (χ0) is 20.0. The van der Waals surface area contributed by atoms with Crippen LogP contribution >= 0.6 is 0 Å². The van der Waals surface area contributed by atoms with Crippen LogP contribution in [0.2, 0.25) is 0 Å². The van der Waals surface area contributed by atoms with E-state index in [0.717, 1.165) is 24.6 Å². The van der Waals surface area contributed by atoms with Gasteiger partial charge >= 0.3 is 5.63 Å². The van der Waals surface area contributed by atoms with E-state index in [2.05, 4.69) is 0 Å². The molecule has 2 aromatic carbocycles. The van der Waals surface area contributed by atoms with Crippen LogP contribution in [0.4, 0.5) is 0 Å². The highest BCUT2D eigenvalue weighted by Gasteiger charge is 2.40. The highest BCUT2D eigenvalue weighted by atomic mass is 16.4. The predicted octanol–water partition coefficient (Wildman–Crippen LogP) is 3.98. The number of fused-ring (bicyclic) bond motifs is 3. The van der Waals surface area contributed by atoms with Crippen LogP contribution in [0, 0.1) is 0 Å². The van der Waals surface area contributed by atoms with Gasteiger partial charge in [-0.15, -0.1) is 0 Å². The van der Waals surface area contributed by atoms with Crippen LogP contribution in [0.3, 0.4) is 0 Å². The normalized spacial score (nSPS) is 23.9. The number of nitrogens with zero attached hydrogens (tertiary/aromatic N) is 1. The summed E-state index contributed by atoms with van der Waals surface area (Å²) in [5.74, 6) is -0.0152. The van der Waals surface area contributed by atoms with E-state index in [1.165, 1.54) is 0 Å². The average molecular weight is 389 g/mol. The van der Waals surface area contributed by atoms with E-state index < -0.39 is 5.63 Å². The summed E-state index contributed by atoms with van der Waals surface area (Å²) in [4.78, 5) is 27.8. The second-order valence-electron chi connectivity index (χ2n) is 8.14. The fourth-order valence-corrected chi connectivity index (χ4v) is 4.92. The number of para-hydroxylation sites is 1. The second-order valence-corrected chi connectivity index (χ2v) is 8.14. The Morgan fingerprint density at radius 3 is 2.55 bits per heavy atom. The maximum atomic E-state index is 13.3. The van der Waals surface area contributed by atoms with Crippen LogP contribution < -0.4 is 5.63 Å². The Bertz CT molecular complexity index is 1120. The molecular formula is C24H23NO4. The highest BCUT2D eigenvalue weighted by Crippen LogP contribution is 2.35. The van der Waals surface area contributed by atoms with Gasteiger partial charge in [-0.2, -0.15) is 0 Å². The van der Waals surface area contributed by atoms with Crippen LogP contribution in [0.1, 0.15) is 42.5 Å². The quantitative estimate of drug-likeness (QED) is 0.673. The Morgan fingerprint density at radius 2 is 1.76 bits per heavy atom. The monoisotopic (exact) mass is 389 g/mol. The van der Waals surface area contributed by atoms with E-state index in [9.17, 15) is 14.7 Å². The van der Waals surface area contributed by atoms with Crippen molar-refractivity contribution < 1.29 is 14.3 Å². The third-order valence-electron chi connectivity index (χ3n) is 6.25. The van der Waals surface area contributed by atoms with E-state index >= 15 is 0 Å². The lowest BCUT2D eigenvalue weighted by atomic mass is 9.82. The number of piperidine rings is 2. The molecule has 3 atom stereocenters. The molecule has 2 aliphatic rings. The maximum absolute atomic E-state index is 13.3. The Kier molecular flexibility index (Phi) is 4.47. The Morgan fingerprint density at radius 1 is 1.00 bits per heavy atom. The first-order valence-corrected chi connectivity index (χ1v) is 10.2. The lowest BCUT2D eigenvalue weighted by Gasteiger charge is -2.47. The number of rotatable bonds is 2. The van der Waals surface area contributed by atoms with Gasteiger partial charge in [0.1, 0.15) is 5.58 Å². The molecule has 5 heteroatoms. The van der Waals surface area contributed by atoms with Crippen LogP contribution in [0.15, 0.2) is 63.8 Å². The van der Waals surface area contributed by atoms with Crippen molar-refractivity contribution in [3.8, 4) is 11.1 Å². The van der Waals surface area contributed by atoms with Gasteiger partial charge in [0.25, 0.3) is 5.91 Å². The Labute approximate surface area is 168 Å². The third kappa shape index (κ3) is 3.25. The van der Waals surface area contributed by atoms with E-state index in [0.29, 0.717) is 35.1 Å². The molecule has 3 heterocycles. The van der Waals surface area contributed by atoms with Crippen molar-refractivity contribution in [2.75, 3.05) is 0 Å². The molecule has 1 amide bonds. The third-order valence-corrected chi connectivity index (χ3v) is 6.25. The summed E-state index contributed by atoms with van der Waals surface area (Å²) < 4.78 is 5.46. The lowest BCUT2D eigenvalue weighted by Crippen LogP contribution is -2.55. The molecule has 2 aliphatic heterocycles. The summed E-state index contributed by atoms with van der Waals surface area (Å²) in [6, 6.07) is 16.6. The van der Waals surface area contributed by atoms with Gasteiger partial charge in [-0.1, -0.05) is 30.3 Å². The van der Waals surface area contributed by atoms with Gasteiger partial charge in [0, 0.05) is 23.0 Å². The summed E-state index contributed by atoms with van der Waals surface area (Å²) in [6.45, 7) is 0. The number of carbonyl (C=O) groups excluding carboxylic acids is 1. The van der Waals surface area contributed by atoms with Crippen LogP contribution in [-0.2, 0) is 0 Å². The molecule has 5 rings (SSSR count). The van der Waals surface area contributed by atoms with E-state index in [-0.39, 0.29) is 24.1 Å². The molecule has 0 radical (unpaired) electrons. The average Bonchev–Trinajstić information content (AvgIpc) is 2.72. The van der Waals surface area contributed by atoms with Gasteiger partial charge < -0.3 is 14.4 Å². The van der Waals surface area contributed by atoms with Crippen molar-refractivity contribution in [1.82, 2.24) is 4.90 Å². The minimum atomic E-state index is -0.411. The molecule has 29 heavy (non-hydrogen) atoms. The summed E-state index contributed by atoms with van der Waals surface area (Å²) in [5.41, 5.74) is 1.84. The molecule has 0 saturated carbocycles. The number of benzene rings is 2. The first-order valence-electron chi connectivity index (χ1n) is 10.2. The number of carbonyl (C=O) groups is 1. The van der Waals surface area contributed by atoms with E-state index in [1.807, 2.05) is 41.3 Å². The minimum absolute atomic E-state index is 0.0152. The first kappa shape index (κ1) is 18.1. The topological polar surface area (TPSA) is 70.8 Å². The highest BCUT2D eigenvalue weighted by molar-refractivity contribution is 5.96. The zero-order valence-corrected chi connectivity index (χ0v) is 16.1. The van der Waals surface area contributed by atoms with Crippen LogP contribution in [0.5, 0.6) is 0 Å². The molecule has 1 aromatic heterocycles. The molecule has 2 fully saturated rings. The van der Waals surface area contributed by atoms with Gasteiger partial charge in [0.05, 0.1) is 11.7 Å². The molecule has 2 bridgehead atoms. The predicted molar refractivity (Wildman–Crippen MR) is 111 cm³/mol. The second kappa shape index (κ2) is 7.16. The van der Waals surface area contributed by atoms with Crippen molar-refractivity contribution in [3.63, 3.8) is 0 Å². The molecule has 0 aliphatic carbocycles. The van der Waals surface area contributed by atoms with Gasteiger partial charge in [0.2, 0.25) is 0 Å². The summed E-state index contributed by atoms with van der Waals surface area (Å²) in [5, 5.41) is 11.0. The fourth-order valence-electron chi connectivity index (χ4n) is 4.92. The number of hydrogen-bond donors (Lipinski definition) is 1. The van der Waals surface area contributed by atoms with Crippen LogP contribution in [-0.4, -0.2) is 34.1 Å². The van der Waals surface area contributed by atoms with E-state index in [4.69, 9.17) is 4.42 Å². The zero-order valence-electron chi connectivity index (χ0n) is 16.1. The van der Waals surface area contributed by atoms with Crippen LogP contribution in [0.25, 0.3) is 22.1 Å². The largest absolute Gasteiger partial charge is 0.422 e. The van der Waals surface area contributed by atoms with Gasteiger partial charge in [-0.05, 0) is 61.9 Å². The summed E-state index contributed by atoms with van der Waals surface area (Å²) >= 11 is 0. The summed E-state index contributed by atoms with van der Waals surface area (Å²) in [7, 11) is 0. The van der Waals surface area contributed by atoms with E-state index in [1.54, 1.807) is 18.2 Å². The standard InChI is InChI=1S/C24H23NO4/c26-20-13-18-8-4-9-19(14-20)25(18)23(27)17-7-3-6-15(11-17)21-12-16-5-1-2-10-22(16)29-24(21)28/h1-3,5-7,10-12,18-20,26H,4,8-9,13-14H2/t18-,19+,20?. The molecule has 1 unspecified atom stereocenters. The number of hydrogen-bond acceptors (Lipinski definition) is 4. The molecule has 3 aromatic rings. The maximum Gasteiger partial charge on any atom is 0.344 e. The molecule has 0 spiro atoms. The number of aliphatic hydroxyl groups is 1. The van der Waals surface area contributed by atoms with Crippen molar-refractivity contribution in [2.45, 2.75) is 50.3 Å². The number of aliphatic hydroxyl groups excluding tert-OH is 1. The minimum Gasteiger partial charge on any atom is -0.422 e. The summed E-state index contributed by atoms with van der Waals surface area (Å²) in [6.07, 6.45) is 3.96. The Balaban J connectivity index is 1.51. The number of amides is 1. The fraction of sp³-hybridized carbons (Fsp3) is 0.333. The van der Waals surface area contributed by atoms with Crippen molar-refractivity contribution in [1.29, 1.82) is 0 Å².